The van der Waals surface area contributed by atoms with E-state index in [0.29, 0.717) is 11.4 Å². The zero-order chi connectivity index (χ0) is 22.7. The molecule has 10 heteroatoms. The number of aryl methyl sites for hydroxylation is 2. The number of fused-ring (bicyclic) bond motifs is 2. The van der Waals surface area contributed by atoms with Gasteiger partial charge in [0.15, 0.2) is 0 Å². The van der Waals surface area contributed by atoms with Gasteiger partial charge in [-0.25, -0.2) is 15.0 Å². The smallest absolute Gasteiger partial charge is 0.266 e. The zero-order valence-corrected chi connectivity index (χ0v) is 20.0. The van der Waals surface area contributed by atoms with Crippen molar-refractivity contribution in [3.8, 4) is 10.6 Å². The van der Waals surface area contributed by atoms with Crippen LogP contribution in [0.2, 0.25) is 0 Å². The second-order valence-electron chi connectivity index (χ2n) is 8.14. The van der Waals surface area contributed by atoms with Crippen LogP contribution in [0.4, 0.5) is 0 Å². The van der Waals surface area contributed by atoms with Crippen molar-refractivity contribution in [3.63, 3.8) is 0 Å². The maximum Gasteiger partial charge on any atom is 0.266 e. The van der Waals surface area contributed by atoms with Crippen molar-refractivity contribution in [1.29, 1.82) is 0 Å². The van der Waals surface area contributed by atoms with Gasteiger partial charge >= 0.3 is 0 Å². The number of para-hydroxylation sites is 1. The van der Waals surface area contributed by atoms with Crippen molar-refractivity contribution in [2.75, 3.05) is 6.54 Å². The summed E-state index contributed by atoms with van der Waals surface area (Å²) in [7, 11) is 1.92. The molecule has 1 aromatic carbocycles. The lowest BCUT2D eigenvalue weighted by molar-refractivity contribution is 0.0695. The number of rotatable bonds is 3. The number of hydrogen-bond donors (Lipinski definition) is 1. The van der Waals surface area contributed by atoms with Crippen LogP contribution in [0.5, 0.6) is 0 Å². The van der Waals surface area contributed by atoms with Gasteiger partial charge in [0.25, 0.3) is 5.91 Å². The number of H-pyrrole nitrogens is 1. The number of carbonyl (C=O) groups excluding carboxylic acids is 1. The molecule has 0 bridgehead atoms. The van der Waals surface area contributed by atoms with Crippen molar-refractivity contribution in [1.82, 2.24) is 34.6 Å². The lowest BCUT2D eigenvalue weighted by Crippen LogP contribution is -2.40. The molecule has 1 amide bonds. The van der Waals surface area contributed by atoms with Crippen LogP contribution in [0.25, 0.3) is 20.8 Å². The highest BCUT2D eigenvalue weighted by Crippen LogP contribution is 2.39. The van der Waals surface area contributed by atoms with E-state index in [2.05, 4.69) is 26.1 Å². The van der Waals surface area contributed by atoms with E-state index in [1.807, 2.05) is 48.7 Å². The molecule has 33 heavy (non-hydrogen) atoms. The Morgan fingerprint density at radius 1 is 1.18 bits per heavy atom. The van der Waals surface area contributed by atoms with E-state index in [1.54, 1.807) is 23.9 Å². The van der Waals surface area contributed by atoms with E-state index in [9.17, 15) is 4.79 Å². The molecule has 0 saturated heterocycles. The highest BCUT2D eigenvalue weighted by atomic mass is 32.1. The number of hydrogen-bond acceptors (Lipinski definition) is 7. The lowest BCUT2D eigenvalue weighted by atomic mass is 10.0. The largest absolute Gasteiger partial charge is 0.348 e. The first-order valence-electron chi connectivity index (χ1n) is 10.7. The maximum absolute atomic E-state index is 13.8. The van der Waals surface area contributed by atoms with Gasteiger partial charge in [0.05, 0.1) is 39.7 Å². The fourth-order valence-electron chi connectivity index (χ4n) is 4.47. The average molecular weight is 476 g/mol. The molecular weight excluding hydrogens is 454 g/mol. The molecule has 1 N–H and O–H groups in total. The van der Waals surface area contributed by atoms with Crippen LogP contribution < -0.4 is 0 Å². The summed E-state index contributed by atoms with van der Waals surface area (Å²) in [6.45, 7) is 4.58. The Morgan fingerprint density at radius 3 is 2.82 bits per heavy atom. The summed E-state index contributed by atoms with van der Waals surface area (Å²) >= 11 is 3.03. The predicted octanol–water partition coefficient (Wildman–Crippen LogP) is 4.28. The van der Waals surface area contributed by atoms with E-state index in [-0.39, 0.29) is 11.9 Å². The Labute approximate surface area is 198 Å². The number of aromatic nitrogens is 6. The SMILES string of the molecule is Cc1nn(C)c(C)c1-c1ncc(C(=O)N2CCc3[nH]cnc3[C@H]2c2nc3ccccc3s2)s1. The molecule has 5 aromatic rings. The predicted molar refractivity (Wildman–Crippen MR) is 129 cm³/mol. The molecule has 166 valence electrons. The minimum atomic E-state index is -0.322. The topological polar surface area (TPSA) is 92.6 Å². The van der Waals surface area contributed by atoms with E-state index in [1.165, 1.54) is 11.3 Å². The van der Waals surface area contributed by atoms with Gasteiger partial charge in [-0.3, -0.25) is 9.48 Å². The fourth-order valence-corrected chi connectivity index (χ4v) is 6.57. The van der Waals surface area contributed by atoms with E-state index >= 15 is 0 Å². The van der Waals surface area contributed by atoms with Gasteiger partial charge in [0, 0.05) is 31.4 Å². The molecule has 8 nitrogen and oxygen atoms in total. The molecule has 0 radical (unpaired) electrons. The number of benzene rings is 1. The molecule has 0 fully saturated rings. The van der Waals surface area contributed by atoms with Crippen molar-refractivity contribution < 1.29 is 4.79 Å². The van der Waals surface area contributed by atoms with Crippen molar-refractivity contribution in [3.05, 3.63) is 69.5 Å². The Kier molecular flexibility index (Phi) is 4.66. The second kappa shape index (κ2) is 7.60. The normalized spacial score (nSPS) is 15.8. The Balaban J connectivity index is 1.40. The molecular formula is C23H21N7OS2. The van der Waals surface area contributed by atoms with Crippen LogP contribution in [0, 0.1) is 13.8 Å². The minimum Gasteiger partial charge on any atom is -0.348 e. The standard InChI is InChI=1S/C23H21N7OS2/c1-12-18(13(2)29(3)28-12)21-24-10-17(33-21)23(31)30-9-8-15-19(26-11-25-15)20(30)22-27-14-6-4-5-7-16(14)32-22/h4-7,10-11,20H,8-9H2,1-3H3,(H,25,26)/t20-/m0/s1. The lowest BCUT2D eigenvalue weighted by Gasteiger charge is -2.33. The van der Waals surface area contributed by atoms with Crippen molar-refractivity contribution in [2.45, 2.75) is 26.3 Å². The Hall–Kier alpha value is -3.37. The highest BCUT2D eigenvalue weighted by Gasteiger charge is 2.37. The molecule has 1 atom stereocenters. The number of nitrogens with one attached hydrogen (secondary N) is 1. The number of imidazole rings is 1. The molecule has 1 aliphatic heterocycles. The van der Waals surface area contributed by atoms with Gasteiger partial charge < -0.3 is 9.88 Å². The van der Waals surface area contributed by atoms with Gasteiger partial charge in [-0.05, 0) is 26.0 Å². The molecule has 4 aromatic heterocycles. The molecule has 1 aliphatic rings. The molecule has 0 spiro atoms. The van der Waals surface area contributed by atoms with Crippen LogP contribution in [-0.2, 0) is 13.5 Å². The fraction of sp³-hybridized carbons (Fsp3) is 0.261. The van der Waals surface area contributed by atoms with Crippen LogP contribution in [0.15, 0.2) is 36.8 Å². The Morgan fingerprint density at radius 2 is 2.03 bits per heavy atom. The summed E-state index contributed by atoms with van der Waals surface area (Å²) in [6.07, 6.45) is 4.12. The average Bonchev–Trinajstić information content (AvgIpc) is 3.59. The summed E-state index contributed by atoms with van der Waals surface area (Å²) in [5.74, 6) is -0.0455. The monoisotopic (exact) mass is 475 g/mol. The number of nitrogens with zero attached hydrogens (tertiary/aromatic N) is 6. The van der Waals surface area contributed by atoms with Crippen molar-refractivity contribution in [2.24, 2.45) is 7.05 Å². The zero-order valence-electron chi connectivity index (χ0n) is 18.4. The first kappa shape index (κ1) is 20.3. The maximum atomic E-state index is 13.8. The Bertz CT molecular complexity index is 1480. The van der Waals surface area contributed by atoms with Gasteiger partial charge in [-0.1, -0.05) is 12.1 Å². The number of aromatic amines is 1. The first-order valence-corrected chi connectivity index (χ1v) is 12.3. The molecule has 0 aliphatic carbocycles. The highest BCUT2D eigenvalue weighted by molar-refractivity contribution is 7.18. The first-order chi connectivity index (χ1) is 16.0. The van der Waals surface area contributed by atoms with Gasteiger partial charge in [-0.15, -0.1) is 22.7 Å². The number of carbonyl (C=O) groups is 1. The van der Waals surface area contributed by atoms with Crippen molar-refractivity contribution >= 4 is 38.8 Å². The van der Waals surface area contributed by atoms with Crippen LogP contribution in [0.3, 0.4) is 0 Å². The second-order valence-corrected chi connectivity index (χ2v) is 10.2. The summed E-state index contributed by atoms with van der Waals surface area (Å²) < 4.78 is 2.95. The summed E-state index contributed by atoms with van der Waals surface area (Å²) in [4.78, 5) is 33.5. The molecule has 5 heterocycles. The molecule has 6 rings (SSSR count). The number of amides is 1. The summed E-state index contributed by atoms with van der Waals surface area (Å²) in [5, 5.41) is 6.18. The van der Waals surface area contributed by atoms with E-state index < -0.39 is 0 Å². The third-order valence-electron chi connectivity index (χ3n) is 6.17. The van der Waals surface area contributed by atoms with Gasteiger partial charge in [0.2, 0.25) is 0 Å². The minimum absolute atomic E-state index is 0.0455. The quantitative estimate of drug-likeness (QED) is 0.420. The molecule has 0 saturated carbocycles. The summed E-state index contributed by atoms with van der Waals surface area (Å²) in [5.41, 5.74) is 5.82. The van der Waals surface area contributed by atoms with Crippen LogP contribution >= 0.6 is 22.7 Å². The van der Waals surface area contributed by atoms with Gasteiger partial charge in [-0.2, -0.15) is 5.10 Å². The van der Waals surface area contributed by atoms with Gasteiger partial charge in [0.1, 0.15) is 20.9 Å². The van der Waals surface area contributed by atoms with E-state index in [4.69, 9.17) is 4.98 Å². The third kappa shape index (κ3) is 3.20. The number of thiazole rings is 2. The molecule has 0 unspecified atom stereocenters. The van der Waals surface area contributed by atoms with E-state index in [0.717, 1.165) is 55.0 Å². The van der Waals surface area contributed by atoms with Crippen LogP contribution in [-0.4, -0.2) is 47.1 Å². The third-order valence-corrected chi connectivity index (χ3v) is 8.26. The van der Waals surface area contributed by atoms with Crippen LogP contribution in [0.1, 0.15) is 43.5 Å². The summed E-state index contributed by atoms with van der Waals surface area (Å²) in [6, 6.07) is 7.73.